The van der Waals surface area contributed by atoms with Crippen molar-refractivity contribution in [3.63, 3.8) is 0 Å². The average molecular weight is 265 g/mol. The van der Waals surface area contributed by atoms with Gasteiger partial charge in [0.2, 0.25) is 0 Å². The second kappa shape index (κ2) is 5.91. The number of likely N-dealkylation sites (tertiary alicyclic amines) is 1. The molecular weight excluding hydrogens is 245 g/mol. The lowest BCUT2D eigenvalue weighted by Crippen LogP contribution is -2.46. The van der Waals surface area contributed by atoms with E-state index in [2.05, 4.69) is 5.32 Å². The normalized spacial score (nSPS) is 16.3. The van der Waals surface area contributed by atoms with Gasteiger partial charge in [-0.3, -0.25) is 0 Å². The summed E-state index contributed by atoms with van der Waals surface area (Å²) in [5.41, 5.74) is 0.803. The quantitative estimate of drug-likeness (QED) is 0.891. The Balaban J connectivity index is 1.85. The lowest BCUT2D eigenvalue weighted by Gasteiger charge is -2.34. The Morgan fingerprint density at radius 1 is 1.37 bits per heavy atom. The van der Waals surface area contributed by atoms with Gasteiger partial charge in [0, 0.05) is 38.9 Å². The van der Waals surface area contributed by atoms with Crippen molar-refractivity contribution in [2.75, 3.05) is 32.5 Å². The molecule has 104 valence electrons. The summed E-state index contributed by atoms with van der Waals surface area (Å²) in [7, 11) is 3.53. The number of hydrogen-bond acceptors (Lipinski definition) is 2. The summed E-state index contributed by atoms with van der Waals surface area (Å²) < 4.78 is 13.1. The zero-order valence-electron chi connectivity index (χ0n) is 11.4. The van der Waals surface area contributed by atoms with E-state index in [0.29, 0.717) is 6.04 Å². The average Bonchev–Trinajstić information content (AvgIpc) is 2.39. The minimum atomic E-state index is -0.231. The first-order chi connectivity index (χ1) is 9.06. The van der Waals surface area contributed by atoms with E-state index in [1.807, 2.05) is 11.0 Å². The number of carbonyl (C=O) groups excluding carboxylic acids is 1. The molecular formula is C14H20FN3O. The number of rotatable bonds is 2. The van der Waals surface area contributed by atoms with E-state index >= 15 is 0 Å². The van der Waals surface area contributed by atoms with Gasteiger partial charge in [-0.1, -0.05) is 6.07 Å². The summed E-state index contributed by atoms with van der Waals surface area (Å²) in [6.07, 6.45) is 1.77. The zero-order valence-corrected chi connectivity index (χ0v) is 11.4. The van der Waals surface area contributed by atoms with Crippen molar-refractivity contribution >= 4 is 11.7 Å². The highest BCUT2D eigenvalue weighted by Crippen LogP contribution is 2.17. The number of piperidine rings is 1. The Labute approximate surface area is 113 Å². The van der Waals surface area contributed by atoms with Crippen LogP contribution in [0.25, 0.3) is 0 Å². The van der Waals surface area contributed by atoms with Crippen LogP contribution in [0.4, 0.5) is 14.9 Å². The van der Waals surface area contributed by atoms with Gasteiger partial charge in [-0.05, 0) is 31.0 Å². The smallest absolute Gasteiger partial charge is 0.319 e. The minimum absolute atomic E-state index is 0.0594. The lowest BCUT2D eigenvalue weighted by atomic mass is 10.0. The molecule has 0 radical (unpaired) electrons. The van der Waals surface area contributed by atoms with Gasteiger partial charge >= 0.3 is 6.03 Å². The van der Waals surface area contributed by atoms with E-state index in [0.717, 1.165) is 31.6 Å². The second-order valence-corrected chi connectivity index (χ2v) is 5.09. The van der Waals surface area contributed by atoms with Gasteiger partial charge in [-0.15, -0.1) is 0 Å². The molecule has 1 saturated heterocycles. The van der Waals surface area contributed by atoms with Crippen molar-refractivity contribution in [1.29, 1.82) is 0 Å². The fourth-order valence-corrected chi connectivity index (χ4v) is 2.31. The van der Waals surface area contributed by atoms with Gasteiger partial charge in [-0.25, -0.2) is 9.18 Å². The fraction of sp³-hybridized carbons (Fsp3) is 0.500. The molecule has 4 nitrogen and oxygen atoms in total. The highest BCUT2D eigenvalue weighted by Gasteiger charge is 2.23. The molecule has 1 N–H and O–H groups in total. The summed E-state index contributed by atoms with van der Waals surface area (Å²) in [6, 6.07) is 6.85. The predicted octanol–water partition coefficient (Wildman–Crippen LogP) is 2.38. The van der Waals surface area contributed by atoms with Crippen molar-refractivity contribution in [3.8, 4) is 0 Å². The molecule has 1 aliphatic rings. The number of benzene rings is 1. The van der Waals surface area contributed by atoms with Crippen LogP contribution in [0, 0.1) is 5.82 Å². The SMILES string of the molecule is CN(C)C(=O)N1CCC(Nc2cccc(F)c2)CC1. The summed E-state index contributed by atoms with van der Waals surface area (Å²) in [5.74, 6) is -0.231. The van der Waals surface area contributed by atoms with Crippen LogP contribution >= 0.6 is 0 Å². The maximum absolute atomic E-state index is 13.1. The van der Waals surface area contributed by atoms with E-state index in [1.165, 1.54) is 12.1 Å². The van der Waals surface area contributed by atoms with Crippen molar-refractivity contribution < 1.29 is 9.18 Å². The highest BCUT2D eigenvalue weighted by atomic mass is 19.1. The molecule has 1 aromatic rings. The van der Waals surface area contributed by atoms with E-state index in [-0.39, 0.29) is 11.8 Å². The van der Waals surface area contributed by atoms with Gasteiger partial charge < -0.3 is 15.1 Å². The summed E-state index contributed by atoms with van der Waals surface area (Å²) in [4.78, 5) is 15.2. The monoisotopic (exact) mass is 265 g/mol. The number of nitrogens with zero attached hydrogens (tertiary/aromatic N) is 2. The van der Waals surface area contributed by atoms with Crippen molar-refractivity contribution in [2.24, 2.45) is 0 Å². The number of amides is 2. The van der Waals surface area contributed by atoms with Crippen LogP contribution in [0.3, 0.4) is 0 Å². The van der Waals surface area contributed by atoms with Gasteiger partial charge in [0.15, 0.2) is 0 Å². The third-order valence-corrected chi connectivity index (χ3v) is 3.34. The van der Waals surface area contributed by atoms with Crippen LogP contribution in [0.1, 0.15) is 12.8 Å². The molecule has 0 spiro atoms. The largest absolute Gasteiger partial charge is 0.382 e. The van der Waals surface area contributed by atoms with Crippen molar-refractivity contribution in [1.82, 2.24) is 9.80 Å². The third kappa shape index (κ3) is 3.59. The van der Waals surface area contributed by atoms with E-state index in [9.17, 15) is 9.18 Å². The molecule has 1 aromatic carbocycles. The summed E-state index contributed by atoms with van der Waals surface area (Å²) in [5, 5.41) is 3.32. The minimum Gasteiger partial charge on any atom is -0.382 e. The number of hydrogen-bond donors (Lipinski definition) is 1. The predicted molar refractivity (Wildman–Crippen MR) is 73.7 cm³/mol. The molecule has 0 aliphatic carbocycles. The standard InChI is InChI=1S/C14H20FN3O/c1-17(2)14(19)18-8-6-12(7-9-18)16-13-5-3-4-11(15)10-13/h3-5,10,12,16H,6-9H2,1-2H3. The van der Waals surface area contributed by atoms with Gasteiger partial charge in [0.1, 0.15) is 5.82 Å². The molecule has 5 heteroatoms. The molecule has 2 amide bonds. The molecule has 1 aliphatic heterocycles. The summed E-state index contributed by atoms with van der Waals surface area (Å²) in [6.45, 7) is 1.48. The number of nitrogens with one attached hydrogen (secondary N) is 1. The molecule has 0 atom stereocenters. The molecule has 0 unspecified atom stereocenters. The van der Waals surface area contributed by atoms with Crippen molar-refractivity contribution in [3.05, 3.63) is 30.1 Å². The van der Waals surface area contributed by atoms with Crippen LogP contribution < -0.4 is 5.32 Å². The summed E-state index contributed by atoms with van der Waals surface area (Å²) >= 11 is 0. The van der Waals surface area contributed by atoms with Crippen LogP contribution in [0.5, 0.6) is 0 Å². The van der Waals surface area contributed by atoms with Crippen LogP contribution in [-0.2, 0) is 0 Å². The molecule has 1 heterocycles. The Morgan fingerprint density at radius 2 is 2.05 bits per heavy atom. The highest BCUT2D eigenvalue weighted by molar-refractivity contribution is 5.73. The fourth-order valence-electron chi connectivity index (χ4n) is 2.31. The number of halogens is 1. The zero-order chi connectivity index (χ0) is 13.8. The van der Waals surface area contributed by atoms with E-state index in [4.69, 9.17) is 0 Å². The number of anilines is 1. The van der Waals surface area contributed by atoms with Gasteiger partial charge in [0.25, 0.3) is 0 Å². The first-order valence-corrected chi connectivity index (χ1v) is 6.54. The first-order valence-electron chi connectivity index (χ1n) is 6.54. The molecule has 0 saturated carbocycles. The number of carbonyl (C=O) groups is 1. The van der Waals surface area contributed by atoms with Crippen LogP contribution in [0.2, 0.25) is 0 Å². The Kier molecular flexibility index (Phi) is 4.24. The molecule has 2 rings (SSSR count). The molecule has 1 fully saturated rings. The number of urea groups is 1. The maximum atomic E-state index is 13.1. The van der Waals surface area contributed by atoms with Gasteiger partial charge in [0.05, 0.1) is 0 Å². The topological polar surface area (TPSA) is 35.6 Å². The van der Waals surface area contributed by atoms with Crippen molar-refractivity contribution in [2.45, 2.75) is 18.9 Å². The Hall–Kier alpha value is -1.78. The van der Waals surface area contributed by atoms with E-state index in [1.54, 1.807) is 25.1 Å². The van der Waals surface area contributed by atoms with Gasteiger partial charge in [-0.2, -0.15) is 0 Å². The first kappa shape index (κ1) is 13.6. The maximum Gasteiger partial charge on any atom is 0.319 e. The molecule has 19 heavy (non-hydrogen) atoms. The van der Waals surface area contributed by atoms with E-state index < -0.39 is 0 Å². The van der Waals surface area contributed by atoms with Crippen LogP contribution in [0.15, 0.2) is 24.3 Å². The lowest BCUT2D eigenvalue weighted by molar-refractivity contribution is 0.158. The Bertz CT molecular complexity index is 442. The van der Waals surface area contributed by atoms with Crippen LogP contribution in [-0.4, -0.2) is 49.1 Å². The molecule has 0 bridgehead atoms. The molecule has 0 aromatic heterocycles. The Morgan fingerprint density at radius 3 is 2.63 bits per heavy atom. The second-order valence-electron chi connectivity index (χ2n) is 5.09. The third-order valence-electron chi connectivity index (χ3n) is 3.34.